The van der Waals surface area contributed by atoms with E-state index >= 15 is 0 Å². The molecule has 0 unspecified atom stereocenters. The van der Waals surface area contributed by atoms with Crippen LogP contribution in [0.3, 0.4) is 0 Å². The second-order valence-electron chi connectivity index (χ2n) is 7.59. The van der Waals surface area contributed by atoms with Crippen molar-refractivity contribution >= 4 is 41.0 Å². The highest BCUT2D eigenvalue weighted by Gasteiger charge is 2.22. The van der Waals surface area contributed by atoms with Crippen molar-refractivity contribution in [2.45, 2.75) is 38.3 Å². The Kier molecular flexibility index (Phi) is 11.8. The molecule has 0 saturated heterocycles. The number of aliphatic carboxylic acids is 1. The lowest BCUT2D eigenvalue weighted by molar-refractivity contribution is -0.136. The number of amides is 2. The lowest BCUT2D eigenvalue weighted by atomic mass is 10.1. The number of carboxylic acid groups (broad SMARTS) is 1. The largest absolute Gasteiger partial charge is 0.506 e. The van der Waals surface area contributed by atoms with Gasteiger partial charge >= 0.3 is 12.1 Å². The van der Waals surface area contributed by atoms with Crippen molar-refractivity contribution in [1.29, 1.82) is 0 Å². The quantitative estimate of drug-likeness (QED) is 0.138. The molecule has 188 valence electrons. The molecule has 35 heavy (non-hydrogen) atoms. The number of para-hydroxylation sites is 2. The molecule has 0 spiro atoms. The molecule has 2 aromatic carbocycles. The van der Waals surface area contributed by atoms with E-state index in [-0.39, 0.29) is 31.0 Å². The van der Waals surface area contributed by atoms with E-state index in [4.69, 9.17) is 22.1 Å². The zero-order valence-electron chi connectivity index (χ0n) is 19.2. The van der Waals surface area contributed by atoms with E-state index in [0.29, 0.717) is 30.9 Å². The fourth-order valence-electron chi connectivity index (χ4n) is 3.00. The zero-order chi connectivity index (χ0) is 25.5. The minimum absolute atomic E-state index is 0.0401. The van der Waals surface area contributed by atoms with Crippen LogP contribution in [-0.2, 0) is 20.9 Å². The molecule has 6 N–H and O–H groups in total. The summed E-state index contributed by atoms with van der Waals surface area (Å²) in [5.41, 5.74) is 1.05. The maximum Gasteiger partial charge on any atom is 0.408 e. The fourth-order valence-corrected chi connectivity index (χ4v) is 3.20. The van der Waals surface area contributed by atoms with Crippen molar-refractivity contribution in [3.05, 3.63) is 60.2 Å². The van der Waals surface area contributed by atoms with Gasteiger partial charge in [-0.25, -0.2) is 4.79 Å². The monoisotopic (exact) mass is 502 g/mol. The van der Waals surface area contributed by atoms with Crippen LogP contribution in [0.15, 0.2) is 54.6 Å². The standard InChI is InChI=1S/C24H30N4O6S/c29-20-12-5-4-10-18(20)27-22(32)19(28-24(33)34-16-17-8-2-1-3-9-17)11-6-7-14-25-23(35)26-15-13-21(30)31/h1-5,8-10,12,19,29H,6-7,11,13-16H2,(H,27,32)(H,28,33)(H,30,31)(H2,25,26,35)/t19-/m0/s1. The second kappa shape index (κ2) is 15.1. The van der Waals surface area contributed by atoms with E-state index < -0.39 is 24.0 Å². The van der Waals surface area contributed by atoms with Gasteiger partial charge in [-0.2, -0.15) is 0 Å². The number of thiocarbonyl (C=S) groups is 1. The molecule has 11 heteroatoms. The second-order valence-corrected chi connectivity index (χ2v) is 8.00. The van der Waals surface area contributed by atoms with Crippen LogP contribution in [0.1, 0.15) is 31.2 Å². The van der Waals surface area contributed by atoms with Gasteiger partial charge in [-0.1, -0.05) is 42.5 Å². The van der Waals surface area contributed by atoms with Crippen LogP contribution in [0.25, 0.3) is 0 Å². The zero-order valence-corrected chi connectivity index (χ0v) is 20.0. The van der Waals surface area contributed by atoms with Gasteiger partial charge in [-0.15, -0.1) is 0 Å². The van der Waals surface area contributed by atoms with Crippen molar-refractivity contribution in [3.8, 4) is 5.75 Å². The van der Waals surface area contributed by atoms with Gasteiger partial charge in [0, 0.05) is 13.1 Å². The first kappa shape index (κ1) is 27.4. The number of carbonyl (C=O) groups excluding carboxylic acids is 2. The molecule has 0 aliphatic carbocycles. The summed E-state index contributed by atoms with van der Waals surface area (Å²) in [5.74, 6) is -1.48. The number of unbranched alkanes of at least 4 members (excludes halogenated alkanes) is 1. The lowest BCUT2D eigenvalue weighted by Crippen LogP contribution is -2.44. The molecule has 0 aliphatic rings. The van der Waals surface area contributed by atoms with Crippen molar-refractivity contribution in [1.82, 2.24) is 16.0 Å². The van der Waals surface area contributed by atoms with Gasteiger partial charge < -0.3 is 36.2 Å². The summed E-state index contributed by atoms with van der Waals surface area (Å²) in [6, 6.07) is 14.6. The maximum absolute atomic E-state index is 12.8. The van der Waals surface area contributed by atoms with Crippen LogP contribution in [0, 0.1) is 0 Å². The highest BCUT2D eigenvalue weighted by atomic mass is 32.1. The summed E-state index contributed by atoms with van der Waals surface area (Å²) >= 11 is 5.08. The molecule has 2 aromatic rings. The third-order valence-corrected chi connectivity index (χ3v) is 5.10. The number of ether oxygens (including phenoxy) is 1. The number of nitrogens with one attached hydrogen (secondary N) is 4. The molecule has 0 radical (unpaired) electrons. The molecule has 0 aromatic heterocycles. The first-order valence-corrected chi connectivity index (χ1v) is 11.6. The van der Waals surface area contributed by atoms with Gasteiger partial charge in [-0.05, 0) is 49.2 Å². The van der Waals surface area contributed by atoms with Crippen LogP contribution < -0.4 is 21.3 Å². The van der Waals surface area contributed by atoms with E-state index in [0.717, 1.165) is 5.56 Å². The number of hydrogen-bond acceptors (Lipinski definition) is 6. The molecule has 0 heterocycles. The number of benzene rings is 2. The number of carbonyl (C=O) groups is 3. The summed E-state index contributed by atoms with van der Waals surface area (Å²) < 4.78 is 5.24. The van der Waals surface area contributed by atoms with E-state index in [1.807, 2.05) is 30.3 Å². The van der Waals surface area contributed by atoms with Crippen LogP contribution in [0.5, 0.6) is 5.75 Å². The SMILES string of the molecule is O=C(O)CCNC(=S)NCCCC[C@H](NC(=O)OCc1ccccc1)C(=O)Nc1ccccc1O. The highest BCUT2D eigenvalue weighted by Crippen LogP contribution is 2.22. The average molecular weight is 503 g/mol. The molecule has 0 fully saturated rings. The first-order chi connectivity index (χ1) is 16.8. The summed E-state index contributed by atoms with van der Waals surface area (Å²) in [7, 11) is 0. The van der Waals surface area contributed by atoms with E-state index in [2.05, 4.69) is 21.3 Å². The van der Waals surface area contributed by atoms with Crippen molar-refractivity contribution < 1.29 is 29.3 Å². The summed E-state index contributed by atoms with van der Waals surface area (Å²) in [6.07, 6.45) is 0.764. The van der Waals surface area contributed by atoms with Gasteiger partial charge in [0.1, 0.15) is 18.4 Å². The van der Waals surface area contributed by atoms with Gasteiger partial charge in [0.15, 0.2) is 5.11 Å². The Bertz CT molecular complexity index is 989. The number of anilines is 1. The number of rotatable bonds is 13. The Morgan fingerprint density at radius 2 is 1.63 bits per heavy atom. The molecule has 0 bridgehead atoms. The van der Waals surface area contributed by atoms with E-state index in [1.54, 1.807) is 18.2 Å². The lowest BCUT2D eigenvalue weighted by Gasteiger charge is -2.19. The topological polar surface area (TPSA) is 149 Å². The number of aromatic hydroxyl groups is 1. The molecule has 2 amide bonds. The molecule has 1 atom stereocenters. The fraction of sp³-hybridized carbons (Fsp3) is 0.333. The van der Waals surface area contributed by atoms with Crippen molar-refractivity contribution in [2.75, 3.05) is 18.4 Å². The maximum atomic E-state index is 12.8. The minimum Gasteiger partial charge on any atom is -0.506 e. The van der Waals surface area contributed by atoms with Gasteiger partial charge in [0.2, 0.25) is 5.91 Å². The van der Waals surface area contributed by atoms with E-state index in [9.17, 15) is 19.5 Å². The molecule has 0 saturated carbocycles. The van der Waals surface area contributed by atoms with Gasteiger partial charge in [-0.3, -0.25) is 9.59 Å². The Labute approximate surface area is 209 Å². The number of hydrogen-bond donors (Lipinski definition) is 6. The third kappa shape index (κ3) is 11.2. The molecule has 2 rings (SSSR count). The molecule has 10 nitrogen and oxygen atoms in total. The van der Waals surface area contributed by atoms with Gasteiger partial charge in [0.25, 0.3) is 0 Å². The van der Waals surface area contributed by atoms with Crippen LogP contribution in [0.2, 0.25) is 0 Å². The first-order valence-electron chi connectivity index (χ1n) is 11.1. The van der Waals surface area contributed by atoms with Crippen molar-refractivity contribution in [2.24, 2.45) is 0 Å². The number of alkyl carbamates (subject to hydrolysis) is 1. The van der Waals surface area contributed by atoms with Crippen LogP contribution in [0.4, 0.5) is 10.5 Å². The minimum atomic E-state index is -0.914. The molecule has 0 aliphatic heterocycles. The number of phenols is 1. The molecular weight excluding hydrogens is 472 g/mol. The summed E-state index contributed by atoms with van der Waals surface area (Å²) in [6.45, 7) is 0.798. The third-order valence-electron chi connectivity index (χ3n) is 4.81. The predicted molar refractivity (Wildman–Crippen MR) is 135 cm³/mol. The Morgan fingerprint density at radius 3 is 2.34 bits per heavy atom. The number of carboxylic acids is 1. The van der Waals surface area contributed by atoms with Crippen LogP contribution in [-0.4, -0.2) is 52.4 Å². The Morgan fingerprint density at radius 1 is 0.943 bits per heavy atom. The van der Waals surface area contributed by atoms with Crippen molar-refractivity contribution in [3.63, 3.8) is 0 Å². The van der Waals surface area contributed by atoms with Crippen LogP contribution >= 0.6 is 12.2 Å². The summed E-state index contributed by atoms with van der Waals surface area (Å²) in [5, 5.41) is 29.9. The summed E-state index contributed by atoms with van der Waals surface area (Å²) in [4.78, 5) is 35.7. The Balaban J connectivity index is 1.84. The normalized spacial score (nSPS) is 11.1. The van der Waals surface area contributed by atoms with Gasteiger partial charge in [0.05, 0.1) is 12.1 Å². The number of phenolic OH excluding ortho intramolecular Hbond substituents is 1. The smallest absolute Gasteiger partial charge is 0.408 e. The predicted octanol–water partition coefficient (Wildman–Crippen LogP) is 2.73. The average Bonchev–Trinajstić information content (AvgIpc) is 2.83. The molecular formula is C24H30N4O6S. The highest BCUT2D eigenvalue weighted by molar-refractivity contribution is 7.80. The van der Waals surface area contributed by atoms with E-state index in [1.165, 1.54) is 6.07 Å². The Hall–Kier alpha value is -3.86.